The maximum absolute atomic E-state index is 12.8. The highest BCUT2D eigenvalue weighted by molar-refractivity contribution is 7.18. The summed E-state index contributed by atoms with van der Waals surface area (Å²) in [7, 11) is 0. The third-order valence-electron chi connectivity index (χ3n) is 5.26. The summed E-state index contributed by atoms with van der Waals surface area (Å²) < 4.78 is 5.87. The van der Waals surface area contributed by atoms with E-state index in [1.54, 1.807) is 35.6 Å². The van der Waals surface area contributed by atoms with Crippen LogP contribution in [0.2, 0.25) is 0 Å². The molecule has 0 saturated heterocycles. The van der Waals surface area contributed by atoms with Crippen molar-refractivity contribution in [2.24, 2.45) is 0 Å². The Labute approximate surface area is 169 Å². The highest BCUT2D eigenvalue weighted by Gasteiger charge is 2.20. The van der Waals surface area contributed by atoms with Gasteiger partial charge in [-0.1, -0.05) is 18.6 Å². The van der Waals surface area contributed by atoms with Crippen molar-refractivity contribution >= 4 is 27.2 Å². The molecule has 5 rings (SSSR count). The van der Waals surface area contributed by atoms with Crippen LogP contribution in [0.4, 0.5) is 5.69 Å². The number of nitrogens with one attached hydrogen (secondary N) is 1. The summed E-state index contributed by atoms with van der Waals surface area (Å²) in [6.07, 6.45) is 5.37. The normalized spacial score (nSPS) is 13.9. The lowest BCUT2D eigenvalue weighted by Gasteiger charge is -2.00. The number of benzene rings is 1. The van der Waals surface area contributed by atoms with Gasteiger partial charge in [0.1, 0.15) is 10.6 Å². The van der Waals surface area contributed by atoms with E-state index in [0.717, 1.165) is 36.1 Å². The van der Waals surface area contributed by atoms with Crippen molar-refractivity contribution in [3.63, 3.8) is 0 Å². The van der Waals surface area contributed by atoms with Gasteiger partial charge in [-0.05, 0) is 43.4 Å². The van der Waals surface area contributed by atoms with Crippen molar-refractivity contribution < 1.29 is 9.34 Å². The van der Waals surface area contributed by atoms with Crippen molar-refractivity contribution in [3.05, 3.63) is 67.3 Å². The van der Waals surface area contributed by atoms with Gasteiger partial charge in [-0.15, -0.1) is 11.3 Å². The lowest BCUT2D eigenvalue weighted by molar-refractivity contribution is -0.384. The molecule has 7 nitrogen and oxygen atoms in total. The molecular formula is C21H17N3O4S. The van der Waals surface area contributed by atoms with Crippen LogP contribution >= 0.6 is 11.3 Å². The third kappa shape index (κ3) is 3.15. The fourth-order valence-electron chi connectivity index (χ4n) is 3.85. The number of fused-ring (bicyclic) bond motifs is 3. The summed E-state index contributed by atoms with van der Waals surface area (Å²) in [6, 6.07) is 9.68. The number of nitro benzene ring substituents is 1. The Morgan fingerprint density at radius 1 is 1.10 bits per heavy atom. The average molecular weight is 407 g/mol. The highest BCUT2D eigenvalue weighted by Crippen LogP contribution is 2.34. The van der Waals surface area contributed by atoms with Gasteiger partial charge in [0.15, 0.2) is 11.6 Å². The van der Waals surface area contributed by atoms with Crippen molar-refractivity contribution in [2.75, 3.05) is 0 Å². The average Bonchev–Trinajstić information content (AvgIpc) is 3.27. The highest BCUT2D eigenvalue weighted by atomic mass is 32.1. The van der Waals surface area contributed by atoms with Gasteiger partial charge in [-0.3, -0.25) is 14.9 Å². The van der Waals surface area contributed by atoms with Crippen LogP contribution in [0.5, 0.6) is 0 Å². The van der Waals surface area contributed by atoms with Gasteiger partial charge in [0.2, 0.25) is 0 Å². The number of non-ortho nitro benzene ring substituents is 1. The van der Waals surface area contributed by atoms with Gasteiger partial charge in [0, 0.05) is 22.6 Å². The second-order valence-corrected chi connectivity index (χ2v) is 8.21. The van der Waals surface area contributed by atoms with Crippen LogP contribution in [-0.4, -0.2) is 14.9 Å². The number of aromatic amines is 1. The molecule has 0 radical (unpaired) electrons. The van der Waals surface area contributed by atoms with Gasteiger partial charge in [-0.25, -0.2) is 4.98 Å². The first kappa shape index (κ1) is 17.8. The Morgan fingerprint density at radius 2 is 1.93 bits per heavy atom. The molecule has 0 atom stereocenters. The van der Waals surface area contributed by atoms with Crippen LogP contribution in [-0.2, 0) is 12.8 Å². The fourth-order valence-corrected chi connectivity index (χ4v) is 5.11. The van der Waals surface area contributed by atoms with Crippen molar-refractivity contribution in [1.29, 1.82) is 0 Å². The first-order valence-corrected chi connectivity index (χ1v) is 10.3. The maximum atomic E-state index is 12.8. The lowest BCUT2D eigenvalue weighted by atomic mass is 10.1. The number of aryl methyl sites for hydroxylation is 2. The predicted molar refractivity (Wildman–Crippen MR) is 111 cm³/mol. The SMILES string of the molecule is O=c1[nH]c(-c2ccc(-c3cccc([N+](=O)[O-])c3)o2)nc2sc3c(c12)CCCCC3. The topological polar surface area (TPSA) is 102 Å². The van der Waals surface area contributed by atoms with E-state index in [2.05, 4.69) is 9.97 Å². The number of rotatable bonds is 3. The molecular weight excluding hydrogens is 390 g/mol. The van der Waals surface area contributed by atoms with Crippen molar-refractivity contribution in [2.45, 2.75) is 32.1 Å². The molecule has 0 amide bonds. The lowest BCUT2D eigenvalue weighted by Crippen LogP contribution is -2.09. The molecule has 146 valence electrons. The van der Waals surface area contributed by atoms with Gasteiger partial charge in [0.05, 0.1) is 10.3 Å². The molecule has 1 aliphatic carbocycles. The molecule has 1 aromatic carbocycles. The molecule has 3 aromatic heterocycles. The molecule has 0 spiro atoms. The minimum absolute atomic E-state index is 0.00603. The maximum Gasteiger partial charge on any atom is 0.270 e. The molecule has 3 heterocycles. The molecule has 1 aliphatic rings. The molecule has 0 bridgehead atoms. The van der Waals surface area contributed by atoms with Gasteiger partial charge >= 0.3 is 0 Å². The van der Waals surface area contributed by atoms with Crippen LogP contribution in [0.25, 0.3) is 33.1 Å². The Hall–Kier alpha value is -3.26. The number of H-pyrrole nitrogens is 1. The summed E-state index contributed by atoms with van der Waals surface area (Å²) in [5.74, 6) is 1.28. The molecule has 0 saturated carbocycles. The van der Waals surface area contributed by atoms with Crippen LogP contribution in [0, 0.1) is 10.1 Å². The molecule has 0 aliphatic heterocycles. The number of hydrogen-bond donors (Lipinski definition) is 1. The zero-order chi connectivity index (χ0) is 20.0. The first-order chi connectivity index (χ1) is 14.1. The zero-order valence-corrected chi connectivity index (χ0v) is 16.3. The van der Waals surface area contributed by atoms with Crippen molar-refractivity contribution in [1.82, 2.24) is 9.97 Å². The number of aromatic nitrogens is 2. The smallest absolute Gasteiger partial charge is 0.270 e. The number of furan rings is 1. The largest absolute Gasteiger partial charge is 0.453 e. The standard InChI is InChI=1S/C21H17N3O4S/c25-20-18-14-7-2-1-3-8-17(14)29-21(18)23-19(22-20)16-10-9-15(28-16)12-5-4-6-13(11-12)24(26)27/h4-6,9-11H,1-3,7-8H2,(H,22,23,25). The van der Waals surface area contributed by atoms with Crippen molar-refractivity contribution in [3.8, 4) is 22.9 Å². The molecule has 0 fully saturated rings. The van der Waals surface area contributed by atoms with Crippen LogP contribution in [0.15, 0.2) is 45.6 Å². The Morgan fingerprint density at radius 3 is 2.79 bits per heavy atom. The third-order valence-corrected chi connectivity index (χ3v) is 6.44. The van der Waals surface area contributed by atoms with Crippen LogP contribution in [0.3, 0.4) is 0 Å². The number of nitrogens with zero attached hydrogens (tertiary/aromatic N) is 2. The second-order valence-electron chi connectivity index (χ2n) is 7.13. The second kappa shape index (κ2) is 6.97. The summed E-state index contributed by atoms with van der Waals surface area (Å²) >= 11 is 1.60. The van der Waals surface area contributed by atoms with Crippen LogP contribution < -0.4 is 5.56 Å². The Balaban J connectivity index is 1.56. The number of thiophene rings is 1. The van der Waals surface area contributed by atoms with E-state index in [9.17, 15) is 14.9 Å². The van der Waals surface area contributed by atoms with E-state index in [4.69, 9.17) is 4.42 Å². The zero-order valence-electron chi connectivity index (χ0n) is 15.4. The molecule has 1 N–H and O–H groups in total. The minimum Gasteiger partial charge on any atom is -0.453 e. The summed E-state index contributed by atoms with van der Waals surface area (Å²) in [6.45, 7) is 0. The number of hydrogen-bond acceptors (Lipinski definition) is 6. The minimum atomic E-state index is -0.443. The van der Waals surface area contributed by atoms with E-state index < -0.39 is 4.92 Å². The van der Waals surface area contributed by atoms with E-state index in [1.807, 2.05) is 0 Å². The molecule has 4 aromatic rings. The Kier molecular flexibility index (Phi) is 4.28. The monoisotopic (exact) mass is 407 g/mol. The number of nitro groups is 1. The molecule has 8 heteroatoms. The summed E-state index contributed by atoms with van der Waals surface area (Å²) in [5.41, 5.74) is 1.60. The van der Waals surface area contributed by atoms with E-state index in [-0.39, 0.29) is 11.2 Å². The van der Waals surface area contributed by atoms with Gasteiger partial charge in [-0.2, -0.15) is 0 Å². The fraction of sp³-hybridized carbons (Fsp3) is 0.238. The summed E-state index contributed by atoms with van der Waals surface area (Å²) in [5, 5.41) is 11.7. The van der Waals surface area contributed by atoms with E-state index in [0.29, 0.717) is 28.3 Å². The van der Waals surface area contributed by atoms with E-state index >= 15 is 0 Å². The quantitative estimate of drug-likeness (QED) is 0.289. The predicted octanol–water partition coefficient (Wildman–Crippen LogP) is 5.09. The van der Waals surface area contributed by atoms with Gasteiger partial charge < -0.3 is 9.40 Å². The van der Waals surface area contributed by atoms with Crippen LogP contribution in [0.1, 0.15) is 29.7 Å². The molecule has 29 heavy (non-hydrogen) atoms. The first-order valence-electron chi connectivity index (χ1n) is 9.50. The Bertz CT molecular complexity index is 1300. The molecule has 0 unspecified atom stereocenters. The summed E-state index contributed by atoms with van der Waals surface area (Å²) in [4.78, 5) is 32.9. The van der Waals surface area contributed by atoms with Gasteiger partial charge in [0.25, 0.3) is 11.2 Å². The van der Waals surface area contributed by atoms with E-state index in [1.165, 1.54) is 23.4 Å².